The van der Waals surface area contributed by atoms with Crippen molar-refractivity contribution in [2.45, 2.75) is 32.7 Å². The number of fused-ring (bicyclic) bond motifs is 1. The van der Waals surface area contributed by atoms with Crippen molar-refractivity contribution in [2.75, 3.05) is 0 Å². The number of rotatable bonds is 5. The molecule has 0 spiro atoms. The maximum absolute atomic E-state index is 6.01. The van der Waals surface area contributed by atoms with Gasteiger partial charge in [-0.1, -0.05) is 23.7 Å². The van der Waals surface area contributed by atoms with Gasteiger partial charge in [0.2, 0.25) is 5.88 Å². The van der Waals surface area contributed by atoms with Gasteiger partial charge in [0.05, 0.1) is 15.0 Å². The van der Waals surface area contributed by atoms with Crippen LogP contribution in [0.1, 0.15) is 25.3 Å². The molecule has 1 fully saturated rings. The Kier molecular flexibility index (Phi) is 4.18. The molecule has 0 amide bonds. The van der Waals surface area contributed by atoms with Crippen molar-refractivity contribution >= 4 is 38.6 Å². The van der Waals surface area contributed by atoms with Crippen LogP contribution in [0, 0.1) is 5.92 Å². The van der Waals surface area contributed by atoms with Crippen LogP contribution < -0.4 is 4.74 Å². The topological polar surface area (TPSA) is 52.8 Å². The molecule has 4 rings (SSSR count). The van der Waals surface area contributed by atoms with Crippen LogP contribution in [0.4, 0.5) is 0 Å². The van der Waals surface area contributed by atoms with Gasteiger partial charge in [0, 0.05) is 18.3 Å². The molecule has 124 valence electrons. The fourth-order valence-electron chi connectivity index (χ4n) is 2.66. The molecule has 0 unspecified atom stereocenters. The Bertz CT molecular complexity index is 907. The zero-order chi connectivity index (χ0) is 16.7. The Morgan fingerprint density at radius 1 is 1.38 bits per heavy atom. The van der Waals surface area contributed by atoms with Gasteiger partial charge >= 0.3 is 0 Å². The lowest BCUT2D eigenvalue weighted by atomic mass is 10.2. The lowest BCUT2D eigenvalue weighted by Crippen LogP contribution is -2.01. The van der Waals surface area contributed by atoms with Crippen molar-refractivity contribution in [1.29, 1.82) is 0 Å². The van der Waals surface area contributed by atoms with Gasteiger partial charge < -0.3 is 4.74 Å². The Morgan fingerprint density at radius 2 is 2.21 bits per heavy atom. The number of aromatic nitrogens is 4. The molecule has 1 aliphatic carbocycles. The van der Waals surface area contributed by atoms with E-state index in [-0.39, 0.29) is 0 Å². The van der Waals surface area contributed by atoms with Crippen molar-refractivity contribution in [3.05, 3.63) is 39.5 Å². The van der Waals surface area contributed by atoms with Crippen molar-refractivity contribution in [1.82, 2.24) is 20.0 Å². The molecule has 0 saturated heterocycles. The third kappa shape index (κ3) is 3.00. The van der Waals surface area contributed by atoms with Crippen molar-refractivity contribution in [3.63, 3.8) is 0 Å². The average molecular weight is 408 g/mol. The summed E-state index contributed by atoms with van der Waals surface area (Å²) in [6.07, 6.45) is 4.95. The highest BCUT2D eigenvalue weighted by Crippen LogP contribution is 2.37. The molecule has 0 N–H and O–H groups in total. The van der Waals surface area contributed by atoms with E-state index in [2.05, 4.69) is 31.2 Å². The number of halogens is 2. The van der Waals surface area contributed by atoms with Gasteiger partial charge in [-0.2, -0.15) is 0 Å². The molecular weight excluding hydrogens is 392 g/mol. The van der Waals surface area contributed by atoms with Crippen LogP contribution in [0.2, 0.25) is 5.02 Å². The van der Waals surface area contributed by atoms with E-state index in [9.17, 15) is 0 Å². The van der Waals surface area contributed by atoms with E-state index in [1.165, 1.54) is 12.8 Å². The lowest BCUT2D eigenvalue weighted by Gasteiger charge is -2.11. The molecule has 24 heavy (non-hydrogen) atoms. The van der Waals surface area contributed by atoms with Crippen LogP contribution in [0.15, 0.2) is 28.9 Å². The number of ether oxygens (including phenoxy) is 1. The monoisotopic (exact) mass is 406 g/mol. The van der Waals surface area contributed by atoms with Crippen LogP contribution in [-0.4, -0.2) is 20.0 Å². The van der Waals surface area contributed by atoms with Gasteiger partial charge in [-0.25, -0.2) is 9.67 Å². The van der Waals surface area contributed by atoms with Crippen molar-refractivity contribution in [2.24, 2.45) is 5.92 Å². The molecule has 7 heteroatoms. The highest BCUT2D eigenvalue weighted by atomic mass is 79.9. The Labute approximate surface area is 153 Å². The fraction of sp³-hybridized carbons (Fsp3) is 0.353. The first-order chi connectivity index (χ1) is 11.7. The molecular formula is C17H16BrClN4O. The number of hydrogen-bond acceptors (Lipinski definition) is 4. The summed E-state index contributed by atoms with van der Waals surface area (Å²) in [6.45, 7) is 2.98. The van der Waals surface area contributed by atoms with Gasteiger partial charge in [0.15, 0.2) is 0 Å². The SMILES string of the molecule is CCc1cc(Cl)cnc1Oc1ccc2c(nnn2CC2CC2)c1Br. The van der Waals surface area contributed by atoms with E-state index in [0.717, 1.165) is 40.0 Å². The molecule has 1 aliphatic rings. The maximum atomic E-state index is 6.01. The molecule has 0 radical (unpaired) electrons. The first-order valence-electron chi connectivity index (χ1n) is 7.99. The summed E-state index contributed by atoms with van der Waals surface area (Å²) in [5.41, 5.74) is 2.79. The zero-order valence-electron chi connectivity index (χ0n) is 13.2. The summed E-state index contributed by atoms with van der Waals surface area (Å²) in [6, 6.07) is 5.80. The third-order valence-corrected chi connectivity index (χ3v) is 5.17. The number of pyridine rings is 1. The highest BCUT2D eigenvalue weighted by Gasteiger charge is 2.24. The van der Waals surface area contributed by atoms with E-state index in [0.29, 0.717) is 16.7 Å². The summed E-state index contributed by atoms with van der Waals surface area (Å²) >= 11 is 9.61. The van der Waals surface area contributed by atoms with Crippen LogP contribution >= 0.6 is 27.5 Å². The Hall–Kier alpha value is -1.66. The number of nitrogens with zero attached hydrogens (tertiary/aromatic N) is 4. The zero-order valence-corrected chi connectivity index (χ0v) is 15.5. The third-order valence-electron chi connectivity index (χ3n) is 4.20. The second-order valence-corrected chi connectivity index (χ2v) is 7.26. The Morgan fingerprint density at radius 3 is 2.96 bits per heavy atom. The summed E-state index contributed by atoms with van der Waals surface area (Å²) in [5.74, 6) is 1.98. The lowest BCUT2D eigenvalue weighted by molar-refractivity contribution is 0.455. The van der Waals surface area contributed by atoms with E-state index in [1.807, 2.05) is 29.8 Å². The summed E-state index contributed by atoms with van der Waals surface area (Å²) in [7, 11) is 0. The van der Waals surface area contributed by atoms with Gasteiger partial charge in [-0.05, 0) is 59.3 Å². The molecule has 2 aromatic heterocycles. The molecule has 5 nitrogen and oxygen atoms in total. The van der Waals surface area contributed by atoms with E-state index >= 15 is 0 Å². The predicted molar refractivity (Wildman–Crippen MR) is 96.7 cm³/mol. The van der Waals surface area contributed by atoms with Gasteiger partial charge in [-0.15, -0.1) is 5.10 Å². The minimum absolute atomic E-state index is 0.562. The minimum Gasteiger partial charge on any atom is -0.437 e. The summed E-state index contributed by atoms with van der Waals surface area (Å²) in [4.78, 5) is 4.30. The molecule has 0 atom stereocenters. The molecule has 3 aromatic rings. The van der Waals surface area contributed by atoms with Crippen LogP contribution in [0.25, 0.3) is 11.0 Å². The quantitative estimate of drug-likeness (QED) is 0.597. The molecule has 0 bridgehead atoms. The maximum Gasteiger partial charge on any atom is 0.222 e. The van der Waals surface area contributed by atoms with Crippen LogP contribution in [-0.2, 0) is 13.0 Å². The van der Waals surface area contributed by atoms with Crippen molar-refractivity contribution < 1.29 is 4.74 Å². The van der Waals surface area contributed by atoms with E-state index in [4.69, 9.17) is 16.3 Å². The largest absolute Gasteiger partial charge is 0.437 e. The summed E-state index contributed by atoms with van der Waals surface area (Å²) < 4.78 is 8.77. The first kappa shape index (κ1) is 15.8. The van der Waals surface area contributed by atoms with Gasteiger partial charge in [-0.3, -0.25) is 0 Å². The summed E-state index contributed by atoms with van der Waals surface area (Å²) in [5, 5.41) is 9.19. The van der Waals surface area contributed by atoms with E-state index in [1.54, 1.807) is 6.20 Å². The van der Waals surface area contributed by atoms with E-state index < -0.39 is 0 Å². The van der Waals surface area contributed by atoms with Crippen LogP contribution in [0.5, 0.6) is 11.6 Å². The molecule has 2 heterocycles. The predicted octanol–water partition coefficient (Wildman–Crippen LogP) is 5.01. The smallest absolute Gasteiger partial charge is 0.222 e. The van der Waals surface area contributed by atoms with Crippen molar-refractivity contribution in [3.8, 4) is 11.6 Å². The standard InChI is InChI=1S/C17H16BrClN4O/c1-2-11-7-12(19)8-20-17(11)24-14-6-5-13-16(15(14)18)21-22-23(13)9-10-3-4-10/h5-8,10H,2-4,9H2,1H3. The fourth-order valence-corrected chi connectivity index (χ4v) is 3.34. The molecule has 1 saturated carbocycles. The van der Waals surface area contributed by atoms with Gasteiger partial charge in [0.1, 0.15) is 11.3 Å². The molecule has 0 aliphatic heterocycles. The minimum atomic E-state index is 0.562. The normalized spacial score (nSPS) is 14.3. The second kappa shape index (κ2) is 6.33. The average Bonchev–Trinajstić information content (AvgIpc) is 3.30. The van der Waals surface area contributed by atoms with Crippen LogP contribution in [0.3, 0.4) is 0 Å². The Balaban J connectivity index is 1.68. The first-order valence-corrected chi connectivity index (χ1v) is 9.16. The highest BCUT2D eigenvalue weighted by molar-refractivity contribution is 9.10. The molecule has 1 aromatic carbocycles. The number of hydrogen-bond donors (Lipinski definition) is 0. The van der Waals surface area contributed by atoms with Gasteiger partial charge in [0.25, 0.3) is 0 Å². The number of benzene rings is 1. The number of aryl methyl sites for hydroxylation is 1. The second-order valence-electron chi connectivity index (χ2n) is 6.03.